The number of aliphatic carboxylic acids is 1. The average molecular weight is 254 g/mol. The summed E-state index contributed by atoms with van der Waals surface area (Å²) in [5, 5.41) is 9.27. The largest absolute Gasteiger partial charge is 0.481 e. The van der Waals surface area contributed by atoms with Crippen molar-refractivity contribution in [2.75, 3.05) is 0 Å². The molecule has 1 aromatic rings. The van der Waals surface area contributed by atoms with E-state index in [-0.39, 0.29) is 6.42 Å². The normalized spacial score (nSPS) is 18.2. The molecule has 18 heavy (non-hydrogen) atoms. The van der Waals surface area contributed by atoms with Gasteiger partial charge in [0.15, 0.2) is 0 Å². The van der Waals surface area contributed by atoms with Crippen LogP contribution in [-0.2, 0) is 16.6 Å². The van der Waals surface area contributed by atoms with Crippen molar-refractivity contribution >= 4 is 5.97 Å². The predicted octanol–water partition coefficient (Wildman–Crippen LogP) is 3.39. The summed E-state index contributed by atoms with van der Waals surface area (Å²) in [5.74, 6) is -3.55. The third kappa shape index (κ3) is 2.37. The first kappa shape index (κ1) is 13.0. The lowest BCUT2D eigenvalue weighted by Crippen LogP contribution is -2.42. The summed E-state index contributed by atoms with van der Waals surface area (Å²) < 4.78 is 25.7. The fourth-order valence-corrected chi connectivity index (χ4v) is 2.46. The van der Waals surface area contributed by atoms with Crippen LogP contribution in [0.15, 0.2) is 24.3 Å². The Hall–Kier alpha value is -1.45. The van der Waals surface area contributed by atoms with Crippen LogP contribution in [0.3, 0.4) is 0 Å². The van der Waals surface area contributed by atoms with Crippen molar-refractivity contribution in [2.24, 2.45) is 0 Å². The first-order chi connectivity index (χ1) is 8.33. The molecular weight excluding hydrogens is 238 g/mol. The molecular formula is C14H16F2O2. The molecule has 1 fully saturated rings. The van der Waals surface area contributed by atoms with Crippen LogP contribution in [0.25, 0.3) is 0 Å². The molecule has 0 aliphatic heterocycles. The van der Waals surface area contributed by atoms with E-state index in [1.54, 1.807) is 24.3 Å². The Kier molecular flexibility index (Phi) is 3.13. The zero-order valence-electron chi connectivity index (χ0n) is 10.2. The highest BCUT2D eigenvalue weighted by atomic mass is 19.3. The van der Waals surface area contributed by atoms with Crippen molar-refractivity contribution in [2.45, 2.75) is 43.9 Å². The highest BCUT2D eigenvalue weighted by Crippen LogP contribution is 2.44. The first-order valence-electron chi connectivity index (χ1n) is 6.04. The number of carboxylic acid groups (broad SMARTS) is 1. The maximum Gasteiger partial charge on any atom is 0.314 e. The van der Waals surface area contributed by atoms with Crippen LogP contribution in [0.5, 0.6) is 0 Å². The minimum absolute atomic E-state index is 0.312. The number of carbonyl (C=O) groups is 1. The van der Waals surface area contributed by atoms with Gasteiger partial charge < -0.3 is 5.11 Å². The van der Waals surface area contributed by atoms with Gasteiger partial charge in [-0.05, 0) is 30.9 Å². The maximum absolute atomic E-state index is 12.9. The smallest absolute Gasteiger partial charge is 0.314 e. The van der Waals surface area contributed by atoms with E-state index in [1.807, 2.05) is 0 Å². The number of carboxylic acids is 1. The van der Waals surface area contributed by atoms with Gasteiger partial charge in [-0.1, -0.05) is 30.7 Å². The van der Waals surface area contributed by atoms with Crippen LogP contribution < -0.4 is 0 Å². The van der Waals surface area contributed by atoms with Gasteiger partial charge in [-0.15, -0.1) is 0 Å². The summed E-state index contributed by atoms with van der Waals surface area (Å²) in [6.45, 7) is 0.881. The third-order valence-corrected chi connectivity index (χ3v) is 3.64. The Bertz CT molecular complexity index is 442. The Morgan fingerprint density at radius 1 is 1.33 bits per heavy atom. The second-order valence-electron chi connectivity index (χ2n) is 5.18. The van der Waals surface area contributed by atoms with E-state index in [1.165, 1.54) is 0 Å². The number of alkyl halides is 2. The molecule has 1 saturated carbocycles. The molecule has 0 atom stereocenters. The lowest BCUT2D eigenvalue weighted by molar-refractivity contribution is -0.147. The monoisotopic (exact) mass is 254 g/mol. The topological polar surface area (TPSA) is 37.3 Å². The summed E-state index contributed by atoms with van der Waals surface area (Å²) in [6.07, 6.45) is 1.85. The van der Waals surface area contributed by atoms with Crippen LogP contribution >= 0.6 is 0 Å². The summed E-state index contributed by atoms with van der Waals surface area (Å²) in [4.78, 5) is 11.3. The van der Waals surface area contributed by atoms with Gasteiger partial charge in [0.25, 0.3) is 0 Å². The number of rotatable bonds is 4. The van der Waals surface area contributed by atoms with Crippen LogP contribution in [0.2, 0.25) is 0 Å². The summed E-state index contributed by atoms with van der Waals surface area (Å²) in [7, 11) is 0. The van der Waals surface area contributed by atoms with Gasteiger partial charge in [0.05, 0.1) is 5.41 Å². The Labute approximate surface area is 105 Å². The van der Waals surface area contributed by atoms with Crippen molar-refractivity contribution in [3.05, 3.63) is 35.4 Å². The van der Waals surface area contributed by atoms with E-state index in [9.17, 15) is 18.7 Å². The van der Waals surface area contributed by atoms with E-state index in [4.69, 9.17) is 0 Å². The maximum atomic E-state index is 12.9. The summed E-state index contributed by atoms with van der Waals surface area (Å²) in [5.41, 5.74) is 0.475. The molecule has 98 valence electrons. The highest BCUT2D eigenvalue weighted by molar-refractivity contribution is 5.82. The minimum Gasteiger partial charge on any atom is -0.481 e. The molecule has 0 spiro atoms. The molecule has 4 heteroatoms. The van der Waals surface area contributed by atoms with Crippen LogP contribution in [-0.4, -0.2) is 17.0 Å². The second-order valence-corrected chi connectivity index (χ2v) is 5.18. The molecule has 1 aromatic carbocycles. The molecule has 2 rings (SSSR count). The fourth-order valence-electron chi connectivity index (χ4n) is 2.46. The molecule has 1 aliphatic carbocycles. The SMILES string of the molecule is CC(F)(F)Cc1ccc(C2(C(=O)O)CCC2)cc1. The Morgan fingerprint density at radius 2 is 1.89 bits per heavy atom. The third-order valence-electron chi connectivity index (χ3n) is 3.64. The van der Waals surface area contributed by atoms with Gasteiger partial charge >= 0.3 is 5.97 Å². The van der Waals surface area contributed by atoms with Gasteiger partial charge in [0.1, 0.15) is 0 Å². The number of hydrogen-bond acceptors (Lipinski definition) is 1. The zero-order valence-corrected chi connectivity index (χ0v) is 10.2. The first-order valence-corrected chi connectivity index (χ1v) is 6.04. The van der Waals surface area contributed by atoms with Gasteiger partial charge in [-0.2, -0.15) is 0 Å². The fraction of sp³-hybridized carbons (Fsp3) is 0.500. The molecule has 0 saturated heterocycles. The molecule has 0 bridgehead atoms. The van der Waals surface area contributed by atoms with E-state index >= 15 is 0 Å². The van der Waals surface area contributed by atoms with Crippen LogP contribution in [0.1, 0.15) is 37.3 Å². The molecule has 2 nitrogen and oxygen atoms in total. The lowest BCUT2D eigenvalue weighted by Gasteiger charge is -2.38. The average Bonchev–Trinajstić information content (AvgIpc) is 2.15. The minimum atomic E-state index is -2.73. The van der Waals surface area contributed by atoms with Crippen molar-refractivity contribution in [1.29, 1.82) is 0 Å². The molecule has 0 unspecified atom stereocenters. The Balaban J connectivity index is 2.20. The van der Waals surface area contributed by atoms with Crippen molar-refractivity contribution < 1.29 is 18.7 Å². The van der Waals surface area contributed by atoms with Gasteiger partial charge in [0, 0.05) is 6.42 Å². The number of halogens is 2. The van der Waals surface area contributed by atoms with Crippen molar-refractivity contribution in [3.8, 4) is 0 Å². The van der Waals surface area contributed by atoms with Gasteiger partial charge in [-0.25, -0.2) is 8.78 Å². The molecule has 0 radical (unpaired) electrons. The molecule has 1 N–H and O–H groups in total. The van der Waals surface area contributed by atoms with E-state index in [0.717, 1.165) is 18.9 Å². The number of hydrogen-bond donors (Lipinski definition) is 1. The molecule has 1 aliphatic rings. The van der Waals surface area contributed by atoms with Crippen molar-refractivity contribution in [1.82, 2.24) is 0 Å². The predicted molar refractivity (Wildman–Crippen MR) is 63.9 cm³/mol. The van der Waals surface area contributed by atoms with Crippen LogP contribution in [0, 0.1) is 0 Å². The van der Waals surface area contributed by atoms with Crippen molar-refractivity contribution in [3.63, 3.8) is 0 Å². The summed E-state index contributed by atoms with van der Waals surface area (Å²) in [6, 6.07) is 6.56. The summed E-state index contributed by atoms with van der Waals surface area (Å²) >= 11 is 0. The second kappa shape index (κ2) is 4.34. The highest BCUT2D eigenvalue weighted by Gasteiger charge is 2.45. The lowest BCUT2D eigenvalue weighted by atomic mass is 9.64. The van der Waals surface area contributed by atoms with E-state index in [2.05, 4.69) is 0 Å². The van der Waals surface area contributed by atoms with Gasteiger partial charge in [0.2, 0.25) is 5.92 Å². The van der Waals surface area contributed by atoms with Gasteiger partial charge in [-0.3, -0.25) is 4.79 Å². The van der Waals surface area contributed by atoms with E-state index < -0.39 is 17.3 Å². The van der Waals surface area contributed by atoms with E-state index in [0.29, 0.717) is 18.4 Å². The zero-order chi connectivity index (χ0) is 13.4. The molecule has 0 heterocycles. The molecule has 0 aromatic heterocycles. The molecule has 0 amide bonds. The quantitative estimate of drug-likeness (QED) is 0.894. The standard InChI is InChI=1S/C14H16F2O2/c1-13(15,16)9-10-3-5-11(6-4-10)14(12(17)18)7-2-8-14/h3-6H,2,7-9H2,1H3,(H,17,18). The Morgan fingerprint density at radius 3 is 2.22 bits per heavy atom. The van der Waals surface area contributed by atoms with Crippen LogP contribution in [0.4, 0.5) is 8.78 Å². The number of benzene rings is 1.